The quantitative estimate of drug-likeness (QED) is 0.867. The van der Waals surface area contributed by atoms with Crippen molar-refractivity contribution in [3.05, 3.63) is 4.88 Å². The number of nitrogens with one attached hydrogen (secondary N) is 1. The Kier molecular flexibility index (Phi) is 5.05. The lowest BCUT2D eigenvalue weighted by atomic mass is 9.99. The van der Waals surface area contributed by atoms with Gasteiger partial charge in [0.1, 0.15) is 10.7 Å². The van der Waals surface area contributed by atoms with Gasteiger partial charge in [0.25, 0.3) is 5.91 Å². The number of aromatic nitrogens is 1. The van der Waals surface area contributed by atoms with Gasteiger partial charge in [0.05, 0.1) is 13.2 Å². The minimum absolute atomic E-state index is 0.136. The van der Waals surface area contributed by atoms with Crippen LogP contribution >= 0.6 is 11.3 Å². The number of rotatable bonds is 5. The number of carbonyl (C=O) groups is 1. The van der Waals surface area contributed by atoms with E-state index in [9.17, 15) is 4.79 Å². The molecule has 118 valence electrons. The number of hydrogen-bond donors (Lipinski definition) is 2. The van der Waals surface area contributed by atoms with E-state index in [4.69, 9.17) is 10.5 Å². The second kappa shape index (κ2) is 6.62. The fraction of sp³-hybridized carbons (Fsp3) is 0.714. The summed E-state index contributed by atoms with van der Waals surface area (Å²) in [6, 6.07) is 0. The molecule has 0 radical (unpaired) electrons. The van der Waals surface area contributed by atoms with Crippen molar-refractivity contribution in [2.24, 2.45) is 0 Å². The summed E-state index contributed by atoms with van der Waals surface area (Å²) in [5.41, 5.74) is 5.69. The van der Waals surface area contributed by atoms with E-state index in [0.717, 1.165) is 31.1 Å². The lowest BCUT2D eigenvalue weighted by Gasteiger charge is -2.26. The van der Waals surface area contributed by atoms with Crippen LogP contribution in [0.3, 0.4) is 0 Å². The van der Waals surface area contributed by atoms with E-state index < -0.39 is 0 Å². The van der Waals surface area contributed by atoms with Crippen molar-refractivity contribution in [3.63, 3.8) is 0 Å². The first-order valence-electron chi connectivity index (χ1n) is 7.34. The average Bonchev–Trinajstić information content (AvgIpc) is 2.81. The zero-order valence-corrected chi connectivity index (χ0v) is 13.8. The third-order valence-corrected chi connectivity index (χ3v) is 4.59. The molecule has 1 amide bonds. The second-order valence-electron chi connectivity index (χ2n) is 5.90. The molecule has 0 atom stereocenters. The number of nitrogens with two attached hydrogens (primary N) is 1. The van der Waals surface area contributed by atoms with Gasteiger partial charge < -0.3 is 20.7 Å². The fourth-order valence-electron chi connectivity index (χ4n) is 2.42. The summed E-state index contributed by atoms with van der Waals surface area (Å²) in [6.45, 7) is 9.09. The Morgan fingerprint density at radius 1 is 1.48 bits per heavy atom. The van der Waals surface area contributed by atoms with Gasteiger partial charge in [-0.15, -0.1) is 0 Å². The maximum Gasteiger partial charge on any atom is 0.265 e. The lowest BCUT2D eigenvalue weighted by molar-refractivity contribution is 0.0914. The van der Waals surface area contributed by atoms with Crippen LogP contribution in [0.1, 0.15) is 43.3 Å². The Bertz CT molecular complexity index is 495. The largest absolute Gasteiger partial charge is 0.382 e. The number of amides is 1. The molecule has 0 unspecified atom stereocenters. The van der Waals surface area contributed by atoms with Gasteiger partial charge >= 0.3 is 0 Å². The van der Waals surface area contributed by atoms with Crippen molar-refractivity contribution in [1.29, 1.82) is 0 Å². The van der Waals surface area contributed by atoms with Crippen molar-refractivity contribution < 1.29 is 9.53 Å². The summed E-state index contributed by atoms with van der Waals surface area (Å²) in [4.78, 5) is 19.3. The first-order chi connectivity index (χ1) is 9.93. The molecule has 1 fully saturated rings. The van der Waals surface area contributed by atoms with Gasteiger partial charge in [0.2, 0.25) is 0 Å². The third kappa shape index (κ3) is 4.07. The van der Waals surface area contributed by atoms with Crippen molar-refractivity contribution in [2.75, 3.05) is 36.9 Å². The molecular formula is C14H24N4O2S. The van der Waals surface area contributed by atoms with E-state index in [-0.39, 0.29) is 11.4 Å². The van der Waals surface area contributed by atoms with E-state index in [0.29, 0.717) is 23.9 Å². The highest BCUT2D eigenvalue weighted by Crippen LogP contribution is 2.29. The second-order valence-corrected chi connectivity index (χ2v) is 6.88. The maximum atomic E-state index is 12.4. The molecule has 1 aromatic rings. The van der Waals surface area contributed by atoms with Crippen molar-refractivity contribution >= 4 is 28.2 Å². The average molecular weight is 312 g/mol. The van der Waals surface area contributed by atoms with Gasteiger partial charge in [-0.2, -0.15) is 0 Å². The summed E-state index contributed by atoms with van der Waals surface area (Å²) < 4.78 is 5.32. The smallest absolute Gasteiger partial charge is 0.265 e. The highest BCUT2D eigenvalue weighted by molar-refractivity contribution is 7.18. The normalized spacial score (nSPS) is 16.0. The predicted octanol–water partition coefficient (Wildman–Crippen LogP) is 1.87. The Hall–Kier alpha value is -1.34. The van der Waals surface area contributed by atoms with Crippen molar-refractivity contribution in [1.82, 2.24) is 10.3 Å². The fourth-order valence-corrected chi connectivity index (χ4v) is 3.36. The highest BCUT2D eigenvalue weighted by Gasteiger charge is 2.25. The van der Waals surface area contributed by atoms with Crippen LogP contribution in [0.15, 0.2) is 0 Å². The molecule has 2 heterocycles. The predicted molar refractivity (Wildman–Crippen MR) is 86.0 cm³/mol. The van der Waals surface area contributed by atoms with Crippen LogP contribution in [-0.2, 0) is 4.74 Å². The number of anilines is 2. The van der Waals surface area contributed by atoms with E-state index in [1.165, 1.54) is 11.3 Å². The van der Waals surface area contributed by atoms with Crippen LogP contribution in [0.5, 0.6) is 0 Å². The van der Waals surface area contributed by atoms with Gasteiger partial charge in [-0.25, -0.2) is 4.98 Å². The summed E-state index contributed by atoms with van der Waals surface area (Å²) in [5.74, 6) is 0.175. The molecule has 7 heteroatoms. The third-order valence-electron chi connectivity index (χ3n) is 3.46. The summed E-state index contributed by atoms with van der Waals surface area (Å²) in [7, 11) is 0. The molecule has 2 rings (SSSR count). The van der Waals surface area contributed by atoms with Crippen LogP contribution in [-0.4, -0.2) is 42.7 Å². The van der Waals surface area contributed by atoms with Gasteiger partial charge in [0.15, 0.2) is 5.13 Å². The molecule has 0 aliphatic carbocycles. The lowest BCUT2D eigenvalue weighted by Crippen LogP contribution is -2.43. The SMILES string of the molecule is CCCC(C)(C)NC(=O)c1sc(N2CCOCC2)nc1N. The summed E-state index contributed by atoms with van der Waals surface area (Å²) in [6.07, 6.45) is 1.94. The number of thiazole rings is 1. The minimum Gasteiger partial charge on any atom is -0.382 e. The Labute approximate surface area is 129 Å². The highest BCUT2D eigenvalue weighted by atomic mass is 32.1. The molecule has 6 nitrogen and oxygen atoms in total. The molecule has 0 saturated carbocycles. The van der Waals surface area contributed by atoms with Crippen molar-refractivity contribution in [3.8, 4) is 0 Å². The van der Waals surface area contributed by atoms with Crippen LogP contribution in [0.25, 0.3) is 0 Å². The molecule has 1 saturated heterocycles. The van der Waals surface area contributed by atoms with E-state index >= 15 is 0 Å². The molecule has 0 aromatic carbocycles. The molecule has 3 N–H and O–H groups in total. The monoisotopic (exact) mass is 312 g/mol. The maximum absolute atomic E-state index is 12.4. The molecule has 0 bridgehead atoms. The van der Waals surface area contributed by atoms with Crippen LogP contribution in [0, 0.1) is 0 Å². The molecular weight excluding hydrogens is 288 g/mol. The zero-order chi connectivity index (χ0) is 15.5. The van der Waals surface area contributed by atoms with Gasteiger partial charge in [-0.05, 0) is 20.3 Å². The topological polar surface area (TPSA) is 80.5 Å². The van der Waals surface area contributed by atoms with Gasteiger partial charge in [-0.1, -0.05) is 24.7 Å². The van der Waals surface area contributed by atoms with E-state index in [1.807, 2.05) is 13.8 Å². The molecule has 1 aliphatic rings. The summed E-state index contributed by atoms with van der Waals surface area (Å²) in [5, 5.41) is 3.84. The number of carbonyl (C=O) groups excluding carboxylic acids is 1. The van der Waals surface area contributed by atoms with Crippen LogP contribution < -0.4 is 16.0 Å². The van der Waals surface area contributed by atoms with Crippen LogP contribution in [0.2, 0.25) is 0 Å². The summed E-state index contributed by atoms with van der Waals surface area (Å²) >= 11 is 1.36. The first-order valence-corrected chi connectivity index (χ1v) is 8.16. The first kappa shape index (κ1) is 16.0. The van der Waals surface area contributed by atoms with E-state index in [1.54, 1.807) is 0 Å². The number of morpholine rings is 1. The molecule has 1 aliphatic heterocycles. The number of hydrogen-bond acceptors (Lipinski definition) is 6. The number of nitrogen functional groups attached to an aromatic ring is 1. The minimum atomic E-state index is -0.235. The molecule has 1 aromatic heterocycles. The standard InChI is InChI=1S/C14H24N4O2S/c1-4-5-14(2,3)17-12(19)10-11(15)16-13(21-10)18-6-8-20-9-7-18/h4-9,15H2,1-3H3,(H,17,19). The Balaban J connectivity index is 2.09. The number of nitrogens with zero attached hydrogens (tertiary/aromatic N) is 2. The zero-order valence-electron chi connectivity index (χ0n) is 12.9. The number of ether oxygens (including phenoxy) is 1. The van der Waals surface area contributed by atoms with Gasteiger partial charge in [-0.3, -0.25) is 4.79 Å². The van der Waals surface area contributed by atoms with E-state index in [2.05, 4.69) is 22.1 Å². The Morgan fingerprint density at radius 2 is 2.14 bits per heavy atom. The van der Waals surface area contributed by atoms with Gasteiger partial charge in [0, 0.05) is 18.6 Å². The Morgan fingerprint density at radius 3 is 2.76 bits per heavy atom. The molecule has 0 spiro atoms. The van der Waals surface area contributed by atoms with Crippen LogP contribution in [0.4, 0.5) is 10.9 Å². The molecule has 21 heavy (non-hydrogen) atoms. The van der Waals surface area contributed by atoms with Crippen molar-refractivity contribution in [2.45, 2.75) is 39.2 Å².